The molecule has 0 spiro atoms. The summed E-state index contributed by atoms with van der Waals surface area (Å²) in [7, 11) is 1.64. The fourth-order valence-electron chi connectivity index (χ4n) is 4.55. The second kappa shape index (κ2) is 13.9. The van der Waals surface area contributed by atoms with Gasteiger partial charge in [0.2, 0.25) is 5.91 Å². The normalized spacial score (nSPS) is 14.3. The van der Waals surface area contributed by atoms with Gasteiger partial charge in [-0.3, -0.25) is 9.69 Å². The smallest absolute Gasteiger partial charge is 0.414 e. The second-order valence-corrected chi connectivity index (χ2v) is 9.77. The van der Waals surface area contributed by atoms with Gasteiger partial charge in [-0.25, -0.2) is 13.9 Å². The monoisotopic (exact) mass is 594 g/mol. The van der Waals surface area contributed by atoms with E-state index in [1.165, 1.54) is 17.9 Å². The highest BCUT2D eigenvalue weighted by Gasteiger charge is 2.32. The number of ether oxygens (including phenoxy) is 2. The number of amides is 2. The number of anilines is 1. The summed E-state index contributed by atoms with van der Waals surface area (Å²) >= 11 is 0. The van der Waals surface area contributed by atoms with Gasteiger partial charge in [0.05, 0.1) is 44.3 Å². The van der Waals surface area contributed by atoms with Crippen LogP contribution < -0.4 is 20.3 Å². The first kappa shape index (κ1) is 30.5. The van der Waals surface area contributed by atoms with Crippen molar-refractivity contribution < 1.29 is 23.5 Å². The maximum Gasteiger partial charge on any atom is 0.414 e. The quantitative estimate of drug-likeness (QED) is 0.266. The van der Waals surface area contributed by atoms with Crippen molar-refractivity contribution in [2.45, 2.75) is 32.7 Å². The number of hydrogen-bond donors (Lipinski definition) is 2. The van der Waals surface area contributed by atoms with Crippen molar-refractivity contribution in [3.05, 3.63) is 95.6 Å². The summed E-state index contributed by atoms with van der Waals surface area (Å²) in [6.45, 7) is 3.64. The van der Waals surface area contributed by atoms with E-state index in [0.717, 1.165) is 28.1 Å². The van der Waals surface area contributed by atoms with Crippen LogP contribution in [0.15, 0.2) is 72.9 Å². The predicted octanol–water partition coefficient (Wildman–Crippen LogP) is 4.31. The number of methoxy groups -OCH3 is 1. The Bertz CT molecular complexity index is 1510. The van der Waals surface area contributed by atoms with Gasteiger partial charge in [0.15, 0.2) is 0 Å². The minimum atomic E-state index is -0.566. The number of benzene rings is 3. The highest BCUT2D eigenvalue weighted by atomic mass is 35.5. The summed E-state index contributed by atoms with van der Waals surface area (Å²) in [4.78, 5) is 24.7. The molecule has 1 aromatic heterocycles. The van der Waals surface area contributed by atoms with Gasteiger partial charge in [-0.1, -0.05) is 41.6 Å². The van der Waals surface area contributed by atoms with Crippen molar-refractivity contribution >= 4 is 30.1 Å². The molecule has 1 unspecified atom stereocenters. The predicted molar refractivity (Wildman–Crippen MR) is 158 cm³/mol. The van der Waals surface area contributed by atoms with E-state index >= 15 is 4.39 Å². The van der Waals surface area contributed by atoms with E-state index in [9.17, 15) is 9.59 Å². The fourth-order valence-corrected chi connectivity index (χ4v) is 4.55. The third-order valence-electron chi connectivity index (χ3n) is 6.71. The van der Waals surface area contributed by atoms with Crippen LogP contribution in [0.2, 0.25) is 0 Å². The number of halogens is 2. The lowest BCUT2D eigenvalue weighted by molar-refractivity contribution is -0.119. The lowest BCUT2D eigenvalue weighted by Crippen LogP contribution is -2.33. The van der Waals surface area contributed by atoms with Crippen LogP contribution in [0.1, 0.15) is 23.7 Å². The number of rotatable bonds is 11. The third-order valence-corrected chi connectivity index (χ3v) is 6.71. The minimum absolute atomic E-state index is 0. The zero-order valence-electron chi connectivity index (χ0n) is 23.2. The first-order valence-electron chi connectivity index (χ1n) is 13.2. The molecule has 3 aromatic carbocycles. The third kappa shape index (κ3) is 7.62. The van der Waals surface area contributed by atoms with Crippen LogP contribution in [-0.4, -0.2) is 53.3 Å². The van der Waals surface area contributed by atoms with E-state index in [1.807, 2.05) is 54.7 Å². The van der Waals surface area contributed by atoms with E-state index in [0.29, 0.717) is 30.9 Å². The number of nitrogens with zero attached hydrogens (tertiary/aromatic N) is 4. The van der Waals surface area contributed by atoms with Crippen LogP contribution in [0.4, 0.5) is 14.9 Å². The molecule has 1 aliphatic rings. The fraction of sp³-hybridized carbons (Fsp3) is 0.267. The summed E-state index contributed by atoms with van der Waals surface area (Å²) in [6.07, 6.45) is 0.864. The van der Waals surface area contributed by atoms with Crippen molar-refractivity contribution in [2.75, 3.05) is 25.1 Å². The maximum absolute atomic E-state index is 15.1. The van der Waals surface area contributed by atoms with Crippen molar-refractivity contribution in [2.24, 2.45) is 0 Å². The van der Waals surface area contributed by atoms with Gasteiger partial charge in [-0.05, 0) is 47.0 Å². The second-order valence-electron chi connectivity index (χ2n) is 9.77. The number of carbonyl (C=O) groups excluding carboxylic acids is 2. The van der Waals surface area contributed by atoms with Crippen LogP contribution in [0.25, 0.3) is 11.1 Å². The molecule has 1 saturated heterocycles. The topological polar surface area (TPSA) is 111 Å². The number of hydrogen-bond acceptors (Lipinski definition) is 7. The van der Waals surface area contributed by atoms with Gasteiger partial charge in [-0.2, -0.15) is 0 Å². The summed E-state index contributed by atoms with van der Waals surface area (Å²) < 4.78 is 27.3. The number of nitrogens with one attached hydrogen (secondary N) is 2. The van der Waals surface area contributed by atoms with Gasteiger partial charge < -0.3 is 20.1 Å². The molecule has 1 fully saturated rings. The molecule has 1 aliphatic heterocycles. The van der Waals surface area contributed by atoms with E-state index in [2.05, 4.69) is 20.9 Å². The van der Waals surface area contributed by atoms with Gasteiger partial charge >= 0.3 is 6.09 Å². The number of carbonyl (C=O) groups is 2. The Hall–Kier alpha value is -4.48. The Morgan fingerprint density at radius 2 is 1.81 bits per heavy atom. The molecule has 10 nitrogen and oxygen atoms in total. The molecule has 0 bridgehead atoms. The molecule has 220 valence electrons. The molecular weight excluding hydrogens is 563 g/mol. The lowest BCUT2D eigenvalue weighted by Gasteiger charge is -2.15. The Morgan fingerprint density at radius 3 is 2.50 bits per heavy atom. The van der Waals surface area contributed by atoms with E-state index in [1.54, 1.807) is 23.9 Å². The molecule has 5 rings (SSSR count). The van der Waals surface area contributed by atoms with Gasteiger partial charge in [0, 0.05) is 25.6 Å². The summed E-state index contributed by atoms with van der Waals surface area (Å²) in [6, 6.07) is 20.1. The first-order valence-corrected chi connectivity index (χ1v) is 13.2. The lowest BCUT2D eigenvalue weighted by atomic mass is 10.0. The molecule has 4 aromatic rings. The Labute approximate surface area is 249 Å². The molecule has 2 amide bonds. The van der Waals surface area contributed by atoms with E-state index in [4.69, 9.17) is 9.47 Å². The zero-order chi connectivity index (χ0) is 28.8. The standard InChI is InChI=1S/C30H31FN6O4.ClH/c1-20(38)33-16-27-19-37(30(39)41-27)25-9-12-28(29(31)13-25)23-7-3-21(4-8-23)14-32-15-24-18-36(35-34-24)17-22-5-10-26(40-2)11-6-22;/h3-13,18,27,32H,14-17,19H2,1-2H3,(H,33,38);1H. The maximum atomic E-state index is 15.1. The Morgan fingerprint density at radius 1 is 1.07 bits per heavy atom. The van der Waals surface area contributed by atoms with Crippen molar-refractivity contribution in [1.82, 2.24) is 25.6 Å². The largest absolute Gasteiger partial charge is 0.497 e. The van der Waals surface area contributed by atoms with Gasteiger partial charge in [0.25, 0.3) is 0 Å². The highest BCUT2D eigenvalue weighted by molar-refractivity contribution is 5.90. The van der Waals surface area contributed by atoms with Gasteiger partial charge in [-0.15, -0.1) is 17.5 Å². The highest BCUT2D eigenvalue weighted by Crippen LogP contribution is 2.29. The van der Waals surface area contributed by atoms with Crippen LogP contribution in [0.5, 0.6) is 5.75 Å². The molecule has 12 heteroatoms. The van der Waals surface area contributed by atoms with Gasteiger partial charge in [0.1, 0.15) is 17.7 Å². The Balaban J connectivity index is 0.00000405. The van der Waals surface area contributed by atoms with Crippen molar-refractivity contribution in [1.29, 1.82) is 0 Å². The van der Waals surface area contributed by atoms with Crippen LogP contribution in [0, 0.1) is 5.82 Å². The molecule has 2 heterocycles. The SMILES string of the molecule is COc1ccc(Cn2cc(CNCc3ccc(-c4ccc(N5CC(CNC(C)=O)OC5=O)cc4F)cc3)nn2)cc1.Cl. The van der Waals surface area contributed by atoms with Crippen LogP contribution in [0.3, 0.4) is 0 Å². The minimum Gasteiger partial charge on any atom is -0.497 e. The summed E-state index contributed by atoms with van der Waals surface area (Å²) in [5.74, 6) is 0.167. The van der Waals surface area contributed by atoms with E-state index < -0.39 is 18.0 Å². The van der Waals surface area contributed by atoms with Crippen molar-refractivity contribution in [3.63, 3.8) is 0 Å². The summed E-state index contributed by atoms with van der Waals surface area (Å²) in [5.41, 5.74) is 4.55. The zero-order valence-corrected chi connectivity index (χ0v) is 24.1. The molecule has 0 radical (unpaired) electrons. The van der Waals surface area contributed by atoms with Crippen molar-refractivity contribution in [3.8, 4) is 16.9 Å². The molecular formula is C30H32ClFN6O4. The molecule has 42 heavy (non-hydrogen) atoms. The van der Waals surface area contributed by atoms with E-state index in [-0.39, 0.29) is 31.4 Å². The number of aromatic nitrogens is 3. The van der Waals surface area contributed by atoms with Crippen LogP contribution in [-0.2, 0) is 29.2 Å². The molecule has 0 saturated carbocycles. The van der Waals surface area contributed by atoms with Crippen LogP contribution >= 0.6 is 12.4 Å². The molecule has 1 atom stereocenters. The Kier molecular flexibility index (Phi) is 10.1. The summed E-state index contributed by atoms with van der Waals surface area (Å²) in [5, 5.41) is 14.4. The number of cyclic esters (lactones) is 1. The average molecular weight is 595 g/mol. The molecule has 0 aliphatic carbocycles. The first-order chi connectivity index (χ1) is 19.9. The average Bonchev–Trinajstić information content (AvgIpc) is 3.58. The molecule has 2 N–H and O–H groups in total.